The number of aryl methyl sites for hydroxylation is 1. The quantitative estimate of drug-likeness (QED) is 0.605. The van der Waals surface area contributed by atoms with Crippen LogP contribution in [0.25, 0.3) is 10.8 Å². The summed E-state index contributed by atoms with van der Waals surface area (Å²) < 4.78 is 10.4. The molecule has 2 aromatic rings. The summed E-state index contributed by atoms with van der Waals surface area (Å²) >= 11 is 1.23. The van der Waals surface area contributed by atoms with Gasteiger partial charge in [0.1, 0.15) is 5.60 Å². The van der Waals surface area contributed by atoms with Gasteiger partial charge >= 0.3 is 12.1 Å². The van der Waals surface area contributed by atoms with E-state index in [1.54, 1.807) is 27.0 Å². The number of nitrogens with one attached hydrogen (secondary N) is 1. The molecule has 2 aromatic carbocycles. The largest absolute Gasteiger partial charge is 0.467 e. The molecule has 0 aliphatic carbocycles. The Morgan fingerprint density at radius 3 is 2.30 bits per heavy atom. The van der Waals surface area contributed by atoms with Crippen LogP contribution in [0.2, 0.25) is 0 Å². The number of rotatable bonds is 5. The van der Waals surface area contributed by atoms with E-state index < -0.39 is 22.5 Å². The second-order valence-electron chi connectivity index (χ2n) is 7.41. The van der Waals surface area contributed by atoms with Crippen molar-refractivity contribution in [2.45, 2.75) is 44.6 Å². The lowest BCUT2D eigenvalue weighted by Gasteiger charge is -2.32. The number of thioether (sulfide) groups is 1. The van der Waals surface area contributed by atoms with Gasteiger partial charge in [-0.25, -0.2) is 9.59 Å². The molecule has 0 saturated carbocycles. The van der Waals surface area contributed by atoms with Crippen LogP contribution < -0.4 is 5.32 Å². The summed E-state index contributed by atoms with van der Waals surface area (Å²) in [5.41, 5.74) is 1.44. The molecule has 0 aromatic heterocycles. The molecule has 0 aliphatic rings. The Kier molecular flexibility index (Phi) is 6.42. The summed E-state index contributed by atoms with van der Waals surface area (Å²) in [6, 6.07) is 12.0. The molecule has 0 bridgehead atoms. The number of fused-ring (bicyclic) bond motifs is 1. The van der Waals surface area contributed by atoms with Crippen LogP contribution in [-0.4, -0.2) is 35.9 Å². The molecule has 0 heterocycles. The lowest BCUT2D eigenvalue weighted by atomic mass is 9.96. The Morgan fingerprint density at radius 1 is 1.07 bits per heavy atom. The van der Waals surface area contributed by atoms with Crippen LogP contribution in [0.3, 0.4) is 0 Å². The number of benzene rings is 2. The van der Waals surface area contributed by atoms with E-state index in [4.69, 9.17) is 9.47 Å². The molecular weight excluding hydrogens is 362 g/mol. The smallest absolute Gasteiger partial charge is 0.409 e. The van der Waals surface area contributed by atoms with E-state index in [0.29, 0.717) is 0 Å². The normalized spacial score (nSPS) is 13.7. The fourth-order valence-electron chi connectivity index (χ4n) is 2.96. The summed E-state index contributed by atoms with van der Waals surface area (Å²) in [5.74, 6) is -0.523. The van der Waals surface area contributed by atoms with Crippen LogP contribution in [-0.2, 0) is 20.7 Å². The van der Waals surface area contributed by atoms with E-state index in [9.17, 15) is 9.59 Å². The van der Waals surface area contributed by atoms with E-state index in [1.165, 1.54) is 18.9 Å². The summed E-state index contributed by atoms with van der Waals surface area (Å²) in [4.78, 5) is 23.8. The van der Waals surface area contributed by atoms with E-state index in [1.807, 2.05) is 43.3 Å². The average Bonchev–Trinajstić information content (AvgIpc) is 2.59. The van der Waals surface area contributed by atoms with Crippen LogP contribution in [0.4, 0.5) is 4.79 Å². The van der Waals surface area contributed by atoms with Gasteiger partial charge in [0, 0.05) is 6.42 Å². The van der Waals surface area contributed by atoms with Crippen molar-refractivity contribution in [2.24, 2.45) is 0 Å². The minimum absolute atomic E-state index is 0.279. The van der Waals surface area contributed by atoms with Crippen molar-refractivity contribution < 1.29 is 19.1 Å². The Labute approximate surface area is 164 Å². The highest BCUT2D eigenvalue weighted by molar-refractivity contribution is 8.00. The molecule has 27 heavy (non-hydrogen) atoms. The number of hydrogen-bond acceptors (Lipinski definition) is 5. The van der Waals surface area contributed by atoms with Crippen LogP contribution in [0, 0.1) is 6.92 Å². The zero-order valence-electron chi connectivity index (χ0n) is 16.7. The Morgan fingerprint density at radius 2 is 1.70 bits per heavy atom. The molecule has 1 amide bonds. The number of hydrogen-bond donors (Lipinski definition) is 1. The molecule has 0 unspecified atom stereocenters. The van der Waals surface area contributed by atoms with E-state index in [0.717, 1.165) is 21.9 Å². The zero-order chi connectivity index (χ0) is 20.2. The first-order chi connectivity index (χ1) is 12.6. The highest BCUT2D eigenvalue weighted by Gasteiger charge is 2.42. The second-order valence-corrected chi connectivity index (χ2v) is 8.52. The zero-order valence-corrected chi connectivity index (χ0v) is 17.5. The molecule has 6 heteroatoms. The van der Waals surface area contributed by atoms with Crippen molar-refractivity contribution >= 4 is 34.6 Å². The summed E-state index contributed by atoms with van der Waals surface area (Å²) in [6.45, 7) is 7.38. The molecule has 5 nitrogen and oxygen atoms in total. The number of carbonyl (C=O) groups is 2. The van der Waals surface area contributed by atoms with Crippen LogP contribution in [0.15, 0.2) is 36.4 Å². The average molecular weight is 390 g/mol. The van der Waals surface area contributed by atoms with Crippen LogP contribution in [0.1, 0.15) is 31.9 Å². The number of amides is 1. The van der Waals surface area contributed by atoms with Gasteiger partial charge in [0.15, 0.2) is 4.87 Å². The molecule has 1 atom stereocenters. The van der Waals surface area contributed by atoms with E-state index in [-0.39, 0.29) is 6.42 Å². The highest BCUT2D eigenvalue weighted by atomic mass is 32.2. The molecule has 0 fully saturated rings. The summed E-state index contributed by atoms with van der Waals surface area (Å²) in [6.07, 6.45) is 1.39. The second kappa shape index (κ2) is 8.21. The van der Waals surface area contributed by atoms with Gasteiger partial charge in [-0.1, -0.05) is 36.4 Å². The van der Waals surface area contributed by atoms with E-state index in [2.05, 4.69) is 5.32 Å². The molecule has 0 aliphatic heterocycles. The number of carbonyl (C=O) groups excluding carboxylic acids is 2. The monoisotopic (exact) mass is 389 g/mol. The topological polar surface area (TPSA) is 64.6 Å². The molecule has 146 valence electrons. The third kappa shape index (κ3) is 4.95. The number of ether oxygens (including phenoxy) is 2. The van der Waals surface area contributed by atoms with Crippen LogP contribution >= 0.6 is 11.8 Å². The van der Waals surface area contributed by atoms with Gasteiger partial charge in [0.05, 0.1) is 7.11 Å². The standard InChI is InChI=1S/C21H27NO4S/c1-14-9-7-12-17-15(10-8-11-16(14)17)13-21(27-6,18(23)25-5)22-19(24)26-20(2,3)4/h7-12H,13H2,1-6H3,(H,22,24)/t21-/m0/s1. The maximum atomic E-state index is 12.7. The predicted octanol–water partition coefficient (Wildman–Crippen LogP) is 4.45. The Bertz CT molecular complexity index is 844. The SMILES string of the molecule is COC(=O)[C@@](Cc1cccc2c(C)cccc12)(NC(=O)OC(C)(C)C)SC. The van der Waals surface area contributed by atoms with Gasteiger partial charge in [-0.05, 0) is 55.9 Å². The fourth-order valence-corrected chi connectivity index (χ4v) is 3.70. The molecule has 0 radical (unpaired) electrons. The highest BCUT2D eigenvalue weighted by Crippen LogP contribution is 2.31. The minimum atomic E-state index is -1.28. The van der Waals surface area contributed by atoms with Gasteiger partial charge in [-0.3, -0.25) is 5.32 Å². The first-order valence-electron chi connectivity index (χ1n) is 8.74. The maximum absolute atomic E-state index is 12.7. The number of esters is 1. The van der Waals surface area contributed by atoms with E-state index >= 15 is 0 Å². The maximum Gasteiger partial charge on any atom is 0.409 e. The summed E-state index contributed by atoms with van der Waals surface area (Å²) in [5, 5.41) is 4.91. The number of alkyl carbamates (subject to hydrolysis) is 1. The van der Waals surface area contributed by atoms with Crippen molar-refractivity contribution in [3.05, 3.63) is 47.5 Å². The Hall–Kier alpha value is -2.21. The molecule has 0 spiro atoms. The summed E-state index contributed by atoms with van der Waals surface area (Å²) in [7, 11) is 1.32. The Balaban J connectivity index is 2.45. The lowest BCUT2D eigenvalue weighted by Crippen LogP contribution is -2.55. The van der Waals surface area contributed by atoms with Crippen molar-refractivity contribution in [3.8, 4) is 0 Å². The minimum Gasteiger partial charge on any atom is -0.467 e. The third-order valence-electron chi connectivity index (χ3n) is 4.24. The lowest BCUT2D eigenvalue weighted by molar-refractivity contribution is -0.144. The first-order valence-corrected chi connectivity index (χ1v) is 9.96. The molecular formula is C21H27NO4S. The predicted molar refractivity (Wildman–Crippen MR) is 110 cm³/mol. The van der Waals surface area contributed by atoms with Gasteiger partial charge < -0.3 is 9.47 Å². The van der Waals surface area contributed by atoms with Crippen LogP contribution in [0.5, 0.6) is 0 Å². The molecule has 0 saturated heterocycles. The number of methoxy groups -OCH3 is 1. The van der Waals surface area contributed by atoms with Crippen molar-refractivity contribution in [2.75, 3.05) is 13.4 Å². The van der Waals surface area contributed by atoms with Crippen molar-refractivity contribution in [1.29, 1.82) is 0 Å². The van der Waals surface area contributed by atoms with Gasteiger partial charge in [0.25, 0.3) is 0 Å². The molecule has 2 rings (SSSR count). The first kappa shape index (κ1) is 21.1. The third-order valence-corrected chi connectivity index (χ3v) is 5.35. The van der Waals surface area contributed by atoms with Gasteiger partial charge in [-0.2, -0.15) is 0 Å². The van der Waals surface area contributed by atoms with Gasteiger partial charge in [0.2, 0.25) is 0 Å². The van der Waals surface area contributed by atoms with Gasteiger partial charge in [-0.15, -0.1) is 11.8 Å². The fraction of sp³-hybridized carbons (Fsp3) is 0.429. The van der Waals surface area contributed by atoms with Crippen molar-refractivity contribution in [3.63, 3.8) is 0 Å². The van der Waals surface area contributed by atoms with Crippen molar-refractivity contribution in [1.82, 2.24) is 5.32 Å². The molecule has 1 N–H and O–H groups in total.